The normalized spacial score (nSPS) is 23.8. The number of unbranched alkanes of at least 4 members (excludes halogenated alkanes) is 1. The summed E-state index contributed by atoms with van der Waals surface area (Å²) < 4.78 is 6.33. The summed E-state index contributed by atoms with van der Waals surface area (Å²) in [5.41, 5.74) is 7.75. The lowest BCUT2D eigenvalue weighted by atomic mass is 9.75. The van der Waals surface area contributed by atoms with Gasteiger partial charge in [0, 0.05) is 10.5 Å². The van der Waals surface area contributed by atoms with Crippen LogP contribution in [0, 0.1) is 11.8 Å². The second-order valence-corrected chi connectivity index (χ2v) is 7.19. The highest BCUT2D eigenvalue weighted by Crippen LogP contribution is 2.39. The molecule has 0 saturated heterocycles. The van der Waals surface area contributed by atoms with Crippen LogP contribution >= 0.6 is 15.9 Å². The summed E-state index contributed by atoms with van der Waals surface area (Å²) in [7, 11) is 1.69. The van der Waals surface area contributed by atoms with Crippen molar-refractivity contribution < 1.29 is 4.74 Å². The Kier molecular flexibility index (Phi) is 6.56. The highest BCUT2D eigenvalue weighted by atomic mass is 79.9. The van der Waals surface area contributed by atoms with E-state index in [2.05, 4.69) is 28.9 Å². The molecule has 0 amide bonds. The Morgan fingerprint density at radius 1 is 1.29 bits per heavy atom. The van der Waals surface area contributed by atoms with Gasteiger partial charge in [0.05, 0.1) is 7.11 Å². The van der Waals surface area contributed by atoms with Crippen LogP contribution < -0.4 is 10.5 Å². The zero-order valence-electron chi connectivity index (χ0n) is 13.3. The SMILES string of the molecule is CCCCC1CCC(C(N)c2ccc(OC)cc2Br)CC1. The fourth-order valence-corrected chi connectivity index (χ4v) is 4.11. The smallest absolute Gasteiger partial charge is 0.120 e. The Morgan fingerprint density at radius 2 is 2.00 bits per heavy atom. The number of halogens is 1. The number of nitrogens with two attached hydrogens (primary N) is 1. The number of hydrogen-bond acceptors (Lipinski definition) is 2. The van der Waals surface area contributed by atoms with Crippen LogP contribution in [0.4, 0.5) is 0 Å². The Morgan fingerprint density at radius 3 is 2.57 bits per heavy atom. The van der Waals surface area contributed by atoms with E-state index in [1.54, 1.807) is 7.11 Å². The number of rotatable bonds is 6. The van der Waals surface area contributed by atoms with Gasteiger partial charge in [-0.15, -0.1) is 0 Å². The molecule has 2 rings (SSSR count). The average Bonchev–Trinajstić information content (AvgIpc) is 2.52. The maximum atomic E-state index is 6.54. The van der Waals surface area contributed by atoms with Gasteiger partial charge >= 0.3 is 0 Å². The first-order chi connectivity index (χ1) is 10.2. The molecule has 1 aromatic rings. The van der Waals surface area contributed by atoms with Crippen molar-refractivity contribution in [3.05, 3.63) is 28.2 Å². The van der Waals surface area contributed by atoms with Crippen molar-refractivity contribution in [1.82, 2.24) is 0 Å². The second kappa shape index (κ2) is 8.19. The van der Waals surface area contributed by atoms with Crippen LogP contribution in [-0.4, -0.2) is 7.11 Å². The molecule has 1 aliphatic rings. The monoisotopic (exact) mass is 353 g/mol. The first-order valence-electron chi connectivity index (χ1n) is 8.24. The lowest BCUT2D eigenvalue weighted by molar-refractivity contribution is 0.232. The van der Waals surface area contributed by atoms with Crippen LogP contribution in [0.3, 0.4) is 0 Å². The van der Waals surface area contributed by atoms with Gasteiger partial charge in [-0.25, -0.2) is 0 Å². The van der Waals surface area contributed by atoms with E-state index in [1.807, 2.05) is 12.1 Å². The Hall–Kier alpha value is -0.540. The number of benzene rings is 1. The van der Waals surface area contributed by atoms with E-state index in [0.29, 0.717) is 5.92 Å². The molecule has 1 aliphatic carbocycles. The highest BCUT2D eigenvalue weighted by molar-refractivity contribution is 9.10. The molecule has 0 aromatic heterocycles. The molecule has 1 fully saturated rings. The molecule has 0 spiro atoms. The van der Waals surface area contributed by atoms with Crippen molar-refractivity contribution in [2.24, 2.45) is 17.6 Å². The van der Waals surface area contributed by atoms with Crippen molar-refractivity contribution in [2.75, 3.05) is 7.11 Å². The van der Waals surface area contributed by atoms with E-state index in [9.17, 15) is 0 Å². The molecule has 1 unspecified atom stereocenters. The molecule has 2 nitrogen and oxygen atoms in total. The first-order valence-corrected chi connectivity index (χ1v) is 9.04. The summed E-state index contributed by atoms with van der Waals surface area (Å²) in [5, 5.41) is 0. The lowest BCUT2D eigenvalue weighted by Gasteiger charge is -2.32. The van der Waals surface area contributed by atoms with Gasteiger partial charge in [-0.05, 0) is 42.4 Å². The van der Waals surface area contributed by atoms with E-state index >= 15 is 0 Å². The van der Waals surface area contributed by atoms with Crippen LogP contribution in [0.2, 0.25) is 0 Å². The van der Waals surface area contributed by atoms with Crippen LogP contribution in [0.1, 0.15) is 63.5 Å². The molecular formula is C18H28BrNO. The molecule has 0 bridgehead atoms. The predicted octanol–water partition coefficient (Wildman–Crippen LogP) is 5.45. The van der Waals surface area contributed by atoms with Gasteiger partial charge in [0.2, 0.25) is 0 Å². The lowest BCUT2D eigenvalue weighted by Crippen LogP contribution is -2.26. The van der Waals surface area contributed by atoms with E-state index in [0.717, 1.165) is 16.1 Å². The second-order valence-electron chi connectivity index (χ2n) is 6.34. The first kappa shape index (κ1) is 16.8. The van der Waals surface area contributed by atoms with Crippen LogP contribution in [0.25, 0.3) is 0 Å². The fourth-order valence-electron chi connectivity index (χ4n) is 3.49. The number of ether oxygens (including phenoxy) is 1. The molecule has 1 aromatic carbocycles. The van der Waals surface area contributed by atoms with Crippen molar-refractivity contribution in [1.29, 1.82) is 0 Å². The zero-order valence-corrected chi connectivity index (χ0v) is 14.9. The molecule has 1 saturated carbocycles. The zero-order chi connectivity index (χ0) is 15.2. The minimum absolute atomic E-state index is 0.136. The third-order valence-corrected chi connectivity index (χ3v) is 5.62. The number of hydrogen-bond donors (Lipinski definition) is 1. The van der Waals surface area contributed by atoms with E-state index in [1.165, 1.54) is 50.5 Å². The summed E-state index contributed by atoms with van der Waals surface area (Å²) in [6.07, 6.45) is 9.36. The van der Waals surface area contributed by atoms with Crippen LogP contribution in [0.5, 0.6) is 5.75 Å². The van der Waals surface area contributed by atoms with E-state index < -0.39 is 0 Å². The largest absolute Gasteiger partial charge is 0.497 e. The third-order valence-electron chi connectivity index (χ3n) is 4.93. The van der Waals surface area contributed by atoms with E-state index in [4.69, 9.17) is 10.5 Å². The van der Waals surface area contributed by atoms with Gasteiger partial charge in [-0.1, -0.05) is 61.0 Å². The van der Waals surface area contributed by atoms with Crippen molar-refractivity contribution >= 4 is 15.9 Å². The summed E-state index contributed by atoms with van der Waals surface area (Å²) in [6.45, 7) is 2.28. The maximum Gasteiger partial charge on any atom is 0.120 e. The van der Waals surface area contributed by atoms with E-state index in [-0.39, 0.29) is 6.04 Å². The van der Waals surface area contributed by atoms with Gasteiger partial charge in [0.25, 0.3) is 0 Å². The molecular weight excluding hydrogens is 326 g/mol. The average molecular weight is 354 g/mol. The third kappa shape index (κ3) is 4.46. The van der Waals surface area contributed by atoms with Gasteiger partial charge in [0.1, 0.15) is 5.75 Å². The molecule has 1 atom stereocenters. The van der Waals surface area contributed by atoms with Crippen molar-refractivity contribution in [3.8, 4) is 5.75 Å². The standard InChI is InChI=1S/C18H28BrNO/c1-3-4-5-13-6-8-14(9-7-13)18(20)16-11-10-15(21-2)12-17(16)19/h10-14,18H,3-9,20H2,1-2H3. The summed E-state index contributed by atoms with van der Waals surface area (Å²) in [5.74, 6) is 2.43. The maximum absolute atomic E-state index is 6.54. The molecule has 3 heteroatoms. The molecule has 118 valence electrons. The molecule has 21 heavy (non-hydrogen) atoms. The predicted molar refractivity (Wildman–Crippen MR) is 92.6 cm³/mol. The summed E-state index contributed by atoms with van der Waals surface area (Å²) >= 11 is 3.64. The van der Waals surface area contributed by atoms with Crippen LogP contribution in [-0.2, 0) is 0 Å². The molecule has 2 N–H and O–H groups in total. The Balaban J connectivity index is 1.94. The van der Waals surface area contributed by atoms with Gasteiger partial charge in [0.15, 0.2) is 0 Å². The van der Waals surface area contributed by atoms with Gasteiger partial charge in [-0.2, -0.15) is 0 Å². The highest BCUT2D eigenvalue weighted by Gasteiger charge is 2.27. The fraction of sp³-hybridized carbons (Fsp3) is 0.667. The number of methoxy groups -OCH3 is 1. The Bertz CT molecular complexity index is 441. The topological polar surface area (TPSA) is 35.2 Å². The van der Waals surface area contributed by atoms with Crippen LogP contribution in [0.15, 0.2) is 22.7 Å². The molecule has 0 heterocycles. The quantitative estimate of drug-likeness (QED) is 0.737. The minimum atomic E-state index is 0.136. The van der Waals surface area contributed by atoms with Gasteiger partial charge in [-0.3, -0.25) is 0 Å². The van der Waals surface area contributed by atoms with Crippen molar-refractivity contribution in [2.45, 2.75) is 57.9 Å². The Labute approximate surface area is 137 Å². The van der Waals surface area contributed by atoms with Crippen molar-refractivity contribution in [3.63, 3.8) is 0 Å². The molecule has 0 radical (unpaired) electrons. The minimum Gasteiger partial charge on any atom is -0.497 e. The summed E-state index contributed by atoms with van der Waals surface area (Å²) in [6, 6.07) is 6.27. The molecule has 0 aliphatic heterocycles. The summed E-state index contributed by atoms with van der Waals surface area (Å²) in [4.78, 5) is 0. The van der Waals surface area contributed by atoms with Gasteiger partial charge < -0.3 is 10.5 Å².